The fourth-order valence-corrected chi connectivity index (χ4v) is 3.65. The van der Waals surface area contributed by atoms with Crippen LogP contribution in [0.3, 0.4) is 0 Å². The van der Waals surface area contributed by atoms with Gasteiger partial charge in [0.15, 0.2) is 0 Å². The van der Waals surface area contributed by atoms with Crippen molar-refractivity contribution in [1.82, 2.24) is 4.90 Å². The van der Waals surface area contributed by atoms with E-state index in [2.05, 4.69) is 11.8 Å². The molecule has 0 spiro atoms. The summed E-state index contributed by atoms with van der Waals surface area (Å²) in [5.41, 5.74) is 0. The molecule has 14 heavy (non-hydrogen) atoms. The van der Waals surface area contributed by atoms with Crippen molar-refractivity contribution in [2.75, 3.05) is 6.54 Å². The normalized spacial score (nSPS) is 43.9. The molecule has 2 bridgehead atoms. The van der Waals surface area contributed by atoms with Crippen LogP contribution in [0.2, 0.25) is 0 Å². The van der Waals surface area contributed by atoms with Gasteiger partial charge in [0.25, 0.3) is 0 Å². The van der Waals surface area contributed by atoms with Crippen LogP contribution in [0.15, 0.2) is 0 Å². The van der Waals surface area contributed by atoms with E-state index in [4.69, 9.17) is 0 Å². The number of rotatable bonds is 2. The average Bonchev–Trinajstić information content (AvgIpc) is 2.90. The number of hydrogen-bond donors (Lipinski definition) is 0. The van der Waals surface area contributed by atoms with Crippen molar-refractivity contribution < 1.29 is 0 Å². The number of hydrogen-bond acceptors (Lipinski definition) is 1. The van der Waals surface area contributed by atoms with Gasteiger partial charge >= 0.3 is 0 Å². The zero-order valence-corrected chi connectivity index (χ0v) is 9.41. The van der Waals surface area contributed by atoms with E-state index in [1.807, 2.05) is 0 Å². The lowest BCUT2D eigenvalue weighted by Crippen LogP contribution is -2.52. The Morgan fingerprint density at radius 3 is 2.21 bits per heavy atom. The Morgan fingerprint density at radius 2 is 1.64 bits per heavy atom. The van der Waals surface area contributed by atoms with Gasteiger partial charge in [-0.3, -0.25) is 4.90 Å². The van der Waals surface area contributed by atoms with Crippen LogP contribution >= 0.6 is 0 Å². The van der Waals surface area contributed by atoms with Crippen molar-refractivity contribution in [3.63, 3.8) is 0 Å². The summed E-state index contributed by atoms with van der Waals surface area (Å²) in [6.45, 7) is 3.90. The van der Waals surface area contributed by atoms with Gasteiger partial charge in [-0.15, -0.1) is 0 Å². The molecule has 0 amide bonds. The van der Waals surface area contributed by atoms with Crippen LogP contribution in [0.25, 0.3) is 0 Å². The lowest BCUT2D eigenvalue weighted by molar-refractivity contribution is 0.0143. The third kappa shape index (κ3) is 1.71. The fourth-order valence-electron chi connectivity index (χ4n) is 3.65. The Balaban J connectivity index is 1.68. The fraction of sp³-hybridized carbons (Fsp3) is 1.00. The molecule has 2 unspecified atom stereocenters. The molecule has 0 aromatic carbocycles. The first-order valence-electron chi connectivity index (χ1n) is 6.58. The minimum Gasteiger partial charge on any atom is -0.297 e. The van der Waals surface area contributed by atoms with E-state index in [1.54, 1.807) is 0 Å². The summed E-state index contributed by atoms with van der Waals surface area (Å²) in [4.78, 5) is 2.89. The Kier molecular flexibility index (Phi) is 2.31. The highest BCUT2D eigenvalue weighted by atomic mass is 15.2. The SMILES string of the molecule is CC1CC2CCCC(C1)N2CC1CC1. The van der Waals surface area contributed by atoms with E-state index in [-0.39, 0.29) is 0 Å². The summed E-state index contributed by atoms with van der Waals surface area (Å²) in [5, 5.41) is 0. The molecule has 80 valence electrons. The minimum absolute atomic E-state index is 0.970. The molecule has 2 atom stereocenters. The summed E-state index contributed by atoms with van der Waals surface area (Å²) in [6, 6.07) is 1.94. The predicted octanol–water partition coefficient (Wildman–Crippen LogP) is 3.05. The van der Waals surface area contributed by atoms with Crippen molar-refractivity contribution in [3.05, 3.63) is 0 Å². The van der Waals surface area contributed by atoms with E-state index < -0.39 is 0 Å². The van der Waals surface area contributed by atoms with E-state index in [1.165, 1.54) is 51.5 Å². The third-order valence-electron chi connectivity index (χ3n) is 4.53. The monoisotopic (exact) mass is 193 g/mol. The van der Waals surface area contributed by atoms with Crippen LogP contribution in [-0.2, 0) is 0 Å². The highest BCUT2D eigenvalue weighted by Gasteiger charge is 2.38. The lowest BCUT2D eigenvalue weighted by atomic mass is 9.79. The summed E-state index contributed by atoms with van der Waals surface area (Å²) in [5.74, 6) is 2.09. The van der Waals surface area contributed by atoms with Crippen molar-refractivity contribution in [1.29, 1.82) is 0 Å². The van der Waals surface area contributed by atoms with Crippen LogP contribution in [-0.4, -0.2) is 23.5 Å². The Bertz CT molecular complexity index is 195. The minimum atomic E-state index is 0.970. The third-order valence-corrected chi connectivity index (χ3v) is 4.53. The van der Waals surface area contributed by atoms with Gasteiger partial charge in [-0.25, -0.2) is 0 Å². The zero-order valence-electron chi connectivity index (χ0n) is 9.41. The summed E-state index contributed by atoms with van der Waals surface area (Å²) < 4.78 is 0. The van der Waals surface area contributed by atoms with Gasteiger partial charge in [0, 0.05) is 18.6 Å². The van der Waals surface area contributed by atoms with Crippen LogP contribution in [0.4, 0.5) is 0 Å². The van der Waals surface area contributed by atoms with Crippen LogP contribution in [0.1, 0.15) is 51.9 Å². The Labute approximate surface area is 87.9 Å². The van der Waals surface area contributed by atoms with Crippen LogP contribution < -0.4 is 0 Å². The summed E-state index contributed by atoms with van der Waals surface area (Å²) in [7, 11) is 0. The van der Waals surface area contributed by atoms with Gasteiger partial charge in [0.05, 0.1) is 0 Å². The van der Waals surface area contributed by atoms with Crippen molar-refractivity contribution in [3.8, 4) is 0 Å². The molecule has 1 nitrogen and oxygen atoms in total. The quantitative estimate of drug-likeness (QED) is 0.651. The van der Waals surface area contributed by atoms with E-state index in [0.29, 0.717) is 0 Å². The number of piperidine rings is 2. The first-order valence-corrected chi connectivity index (χ1v) is 6.58. The van der Waals surface area contributed by atoms with Crippen molar-refractivity contribution in [2.45, 2.75) is 64.0 Å². The second-order valence-corrected chi connectivity index (χ2v) is 5.96. The lowest BCUT2D eigenvalue weighted by Gasteiger charge is -2.48. The standard InChI is InChI=1S/C13H23N/c1-10-7-12-3-2-4-13(8-10)14(12)9-11-5-6-11/h10-13H,2-9H2,1H3. The first-order chi connectivity index (χ1) is 6.83. The highest BCUT2D eigenvalue weighted by Crippen LogP contribution is 2.40. The summed E-state index contributed by atoms with van der Waals surface area (Å²) >= 11 is 0. The molecule has 1 aliphatic carbocycles. The molecule has 2 heterocycles. The van der Waals surface area contributed by atoms with Gasteiger partial charge in [-0.1, -0.05) is 13.3 Å². The molecule has 0 N–H and O–H groups in total. The molecular weight excluding hydrogens is 170 g/mol. The topological polar surface area (TPSA) is 3.24 Å². The van der Waals surface area contributed by atoms with Crippen molar-refractivity contribution >= 4 is 0 Å². The second-order valence-electron chi connectivity index (χ2n) is 5.96. The highest BCUT2D eigenvalue weighted by molar-refractivity contribution is 4.93. The molecular formula is C13H23N. The average molecular weight is 193 g/mol. The molecule has 3 aliphatic rings. The van der Waals surface area contributed by atoms with Gasteiger partial charge in [-0.2, -0.15) is 0 Å². The Hall–Kier alpha value is -0.0400. The molecule has 3 fully saturated rings. The van der Waals surface area contributed by atoms with Crippen molar-refractivity contribution in [2.24, 2.45) is 11.8 Å². The summed E-state index contributed by atoms with van der Waals surface area (Å²) in [6.07, 6.45) is 10.5. The molecule has 1 heteroatoms. The smallest absolute Gasteiger partial charge is 0.0101 e. The first kappa shape index (κ1) is 9.21. The van der Waals surface area contributed by atoms with Crippen LogP contribution in [0, 0.1) is 11.8 Å². The predicted molar refractivity (Wildman–Crippen MR) is 59.3 cm³/mol. The molecule has 0 radical (unpaired) electrons. The zero-order chi connectivity index (χ0) is 9.54. The van der Waals surface area contributed by atoms with Gasteiger partial charge in [0.1, 0.15) is 0 Å². The Morgan fingerprint density at radius 1 is 1.00 bits per heavy atom. The van der Waals surface area contributed by atoms with Gasteiger partial charge in [-0.05, 0) is 50.4 Å². The maximum Gasteiger partial charge on any atom is 0.0101 e. The van der Waals surface area contributed by atoms with E-state index in [0.717, 1.165) is 23.9 Å². The van der Waals surface area contributed by atoms with E-state index in [9.17, 15) is 0 Å². The van der Waals surface area contributed by atoms with E-state index >= 15 is 0 Å². The van der Waals surface area contributed by atoms with Gasteiger partial charge in [0.2, 0.25) is 0 Å². The maximum absolute atomic E-state index is 2.89. The molecule has 0 aromatic rings. The molecule has 2 aliphatic heterocycles. The maximum atomic E-state index is 2.89. The number of fused-ring (bicyclic) bond motifs is 2. The molecule has 3 rings (SSSR count). The largest absolute Gasteiger partial charge is 0.297 e. The molecule has 1 saturated carbocycles. The number of nitrogens with zero attached hydrogens (tertiary/aromatic N) is 1. The second kappa shape index (κ2) is 3.52. The molecule has 0 aromatic heterocycles. The molecule has 2 saturated heterocycles. The van der Waals surface area contributed by atoms with Crippen LogP contribution in [0.5, 0.6) is 0 Å². The van der Waals surface area contributed by atoms with Gasteiger partial charge < -0.3 is 0 Å².